The molecule has 1 nitrogen and oxygen atoms in total. The maximum absolute atomic E-state index is 8.38. The Morgan fingerprint density at radius 2 is 1.25 bits per heavy atom. The van der Waals surface area contributed by atoms with Crippen LogP contribution in [0.2, 0.25) is 0 Å². The Bertz CT molecular complexity index is 8.00. The first-order valence-electron chi connectivity index (χ1n) is 0.289. The van der Waals surface area contributed by atoms with Gasteiger partial charge < -0.3 is 0 Å². The molecular weight excluding hydrogens is 353 g/mol. The van der Waals surface area contributed by atoms with Crippen molar-refractivity contribution in [3.63, 3.8) is 0 Å². The van der Waals surface area contributed by atoms with Crippen LogP contribution >= 0.6 is 0 Å². The van der Waals surface area contributed by atoms with Crippen molar-refractivity contribution in [1.29, 1.82) is 0 Å². The predicted molar refractivity (Wildman–Crippen MR) is 10.6 cm³/mol. The van der Waals surface area contributed by atoms with Crippen molar-refractivity contribution >= 4 is 25.8 Å². The third-order valence-electron chi connectivity index (χ3n) is 0. The van der Waals surface area contributed by atoms with Crippen LogP contribution in [0.15, 0.2) is 0 Å². The van der Waals surface area contributed by atoms with Gasteiger partial charge in [0.2, 0.25) is 0 Å². The van der Waals surface area contributed by atoms with Crippen molar-refractivity contribution in [3.8, 4) is 0 Å². The summed E-state index contributed by atoms with van der Waals surface area (Å²) in [6, 6.07) is 0. The summed E-state index contributed by atoms with van der Waals surface area (Å²) in [5.74, 6) is 0. The first-order chi connectivity index (χ1) is 1.00. The molecule has 0 atom stereocenters. The molecule has 0 heterocycles. The molecule has 0 amide bonds. The fourth-order valence-electron chi connectivity index (χ4n) is 0. The molecule has 0 radical (unpaired) electrons. The predicted octanol–water partition coefficient (Wildman–Crippen LogP) is -1.31. The fraction of sp³-hybridized carbons (Fsp3) is 0. The molecule has 0 saturated heterocycles. The summed E-state index contributed by atoms with van der Waals surface area (Å²) in [5.41, 5.74) is 0. The second-order valence-electron chi connectivity index (χ2n) is 0. The van der Waals surface area contributed by atoms with Crippen molar-refractivity contribution in [2.24, 2.45) is 0 Å². The zero-order chi connectivity index (χ0) is 2.00. The SMILES string of the molecule is [Gd].[InH3].[O]=[Zn]. The summed E-state index contributed by atoms with van der Waals surface area (Å²) in [5, 5.41) is 0. The summed E-state index contributed by atoms with van der Waals surface area (Å²) in [4.78, 5) is 0. The topological polar surface area (TPSA) is 17.1 Å². The zero-order valence-electron chi connectivity index (χ0n) is 1.47. The minimum absolute atomic E-state index is 0. The van der Waals surface area contributed by atoms with E-state index in [0.29, 0.717) is 0 Å². The van der Waals surface area contributed by atoms with E-state index in [1.807, 2.05) is 0 Å². The summed E-state index contributed by atoms with van der Waals surface area (Å²) in [6.07, 6.45) is 0. The van der Waals surface area contributed by atoms with Gasteiger partial charge in [-0.25, -0.2) is 0 Å². The van der Waals surface area contributed by atoms with Crippen LogP contribution in [0, 0.1) is 39.9 Å². The van der Waals surface area contributed by atoms with E-state index >= 15 is 0 Å². The van der Waals surface area contributed by atoms with E-state index < -0.39 is 0 Å². The second kappa shape index (κ2) is 17.5. The van der Waals surface area contributed by atoms with Crippen molar-refractivity contribution < 1.29 is 61.8 Å². The van der Waals surface area contributed by atoms with Crippen LogP contribution in [0.1, 0.15) is 0 Å². The van der Waals surface area contributed by atoms with E-state index in [2.05, 4.69) is 0 Å². The third kappa shape index (κ3) is 8.82. The van der Waals surface area contributed by atoms with Gasteiger partial charge in [-0.3, -0.25) is 0 Å². The monoisotopic (exact) mass is 356 g/mol. The Hall–Kier alpha value is 2.62. The van der Waals surface area contributed by atoms with Gasteiger partial charge in [0.1, 0.15) is 0 Å². The molecule has 0 rings (SSSR count). The summed E-state index contributed by atoms with van der Waals surface area (Å²) < 4.78 is 8.38. The molecule has 0 aliphatic carbocycles. The molecular formula is H3GdInOZn. The number of hydrogen-bond donors (Lipinski definition) is 0. The van der Waals surface area contributed by atoms with Gasteiger partial charge >= 0.3 is 47.7 Å². The third-order valence-corrected chi connectivity index (χ3v) is 0. The summed E-state index contributed by atoms with van der Waals surface area (Å²) in [6.45, 7) is 0. The molecule has 0 aliphatic heterocycles. The van der Waals surface area contributed by atoms with E-state index in [1.165, 1.54) is 0 Å². The van der Waals surface area contributed by atoms with Crippen LogP contribution in [0.4, 0.5) is 0 Å². The molecule has 0 aromatic heterocycles. The van der Waals surface area contributed by atoms with Crippen LogP contribution in [0.3, 0.4) is 0 Å². The molecule has 22 valence electrons. The van der Waals surface area contributed by atoms with Gasteiger partial charge in [-0.05, 0) is 0 Å². The molecule has 0 fully saturated rings. The van der Waals surface area contributed by atoms with Crippen LogP contribution in [0.25, 0.3) is 0 Å². The molecule has 0 N–H and O–H groups in total. The molecule has 0 aromatic rings. The Labute approximate surface area is 85.7 Å². The average Bonchev–Trinajstić information content (AvgIpc) is 1.00. The van der Waals surface area contributed by atoms with Crippen molar-refractivity contribution in [3.05, 3.63) is 0 Å². The van der Waals surface area contributed by atoms with Gasteiger partial charge in [0.05, 0.1) is 0 Å². The second-order valence-corrected chi connectivity index (χ2v) is 0. The van der Waals surface area contributed by atoms with Crippen LogP contribution in [-0.4, -0.2) is 25.8 Å². The Kier molecular flexibility index (Phi) is 69.7. The standard InChI is InChI=1S/Gd.In.O.Zn.3H. The van der Waals surface area contributed by atoms with Crippen molar-refractivity contribution in [2.45, 2.75) is 0 Å². The van der Waals surface area contributed by atoms with E-state index in [0.717, 1.165) is 0 Å². The van der Waals surface area contributed by atoms with Crippen molar-refractivity contribution in [2.75, 3.05) is 0 Å². The van der Waals surface area contributed by atoms with E-state index in [-0.39, 0.29) is 84.0 Å². The Balaban J connectivity index is -0.00000000500. The summed E-state index contributed by atoms with van der Waals surface area (Å²) in [7, 11) is 0. The molecule has 0 saturated carbocycles. The van der Waals surface area contributed by atoms with Gasteiger partial charge in [-0.2, -0.15) is 0 Å². The van der Waals surface area contributed by atoms with Crippen LogP contribution in [0.5, 0.6) is 0 Å². The molecule has 4 heteroatoms. The van der Waals surface area contributed by atoms with Gasteiger partial charge in [0.15, 0.2) is 0 Å². The number of rotatable bonds is 0. The molecule has 4 heavy (non-hydrogen) atoms. The Morgan fingerprint density at radius 1 is 1.25 bits per heavy atom. The first-order valence-corrected chi connectivity index (χ1v) is 1.50. The van der Waals surface area contributed by atoms with Gasteiger partial charge in [-0.1, -0.05) is 0 Å². The molecule has 0 bridgehead atoms. The van der Waals surface area contributed by atoms with E-state index in [9.17, 15) is 0 Å². The fourth-order valence-corrected chi connectivity index (χ4v) is 0. The van der Waals surface area contributed by atoms with Gasteiger partial charge in [0, 0.05) is 39.9 Å². The molecule has 0 aromatic carbocycles. The van der Waals surface area contributed by atoms with Crippen molar-refractivity contribution in [1.82, 2.24) is 0 Å². The van der Waals surface area contributed by atoms with E-state index in [4.69, 9.17) is 3.57 Å². The van der Waals surface area contributed by atoms with Gasteiger partial charge in [-0.15, -0.1) is 0 Å². The maximum atomic E-state index is 8.38. The molecule has 0 aliphatic rings. The zero-order valence-corrected chi connectivity index (χ0v) is 6.70. The minimum atomic E-state index is 0. The average molecular weight is 356 g/mol. The normalized spacial score (nSPS) is 1.50. The van der Waals surface area contributed by atoms with Gasteiger partial charge in [0.25, 0.3) is 0 Å². The Morgan fingerprint density at radius 3 is 1.25 bits per heavy atom. The van der Waals surface area contributed by atoms with Crippen LogP contribution < -0.4 is 0 Å². The van der Waals surface area contributed by atoms with E-state index in [1.54, 1.807) is 0 Å². The quantitative estimate of drug-likeness (QED) is 0.493. The first kappa shape index (κ1) is 16.0. The number of hydrogen-bond acceptors (Lipinski definition) is 1. The molecule has 0 spiro atoms. The summed E-state index contributed by atoms with van der Waals surface area (Å²) >= 11 is 0.125. The van der Waals surface area contributed by atoms with Crippen LogP contribution in [-0.2, 0) is 21.8 Å². The molecule has 0 unspecified atom stereocenters.